The maximum absolute atomic E-state index is 13.2. The van der Waals surface area contributed by atoms with E-state index >= 15 is 0 Å². The molecule has 0 radical (unpaired) electrons. The van der Waals surface area contributed by atoms with E-state index < -0.39 is 0 Å². The minimum Gasteiger partial charge on any atom is -0.467 e. The van der Waals surface area contributed by atoms with Crippen molar-refractivity contribution in [1.82, 2.24) is 24.5 Å². The normalized spacial score (nSPS) is 11.1. The Hall–Kier alpha value is -4.00. The molecule has 5 aromatic rings. The van der Waals surface area contributed by atoms with E-state index in [0.717, 1.165) is 5.69 Å². The van der Waals surface area contributed by atoms with E-state index in [1.807, 2.05) is 54.6 Å². The molecular formula is C21H15N5O2. The lowest BCUT2D eigenvalue weighted by Crippen LogP contribution is -2.24. The van der Waals surface area contributed by atoms with Crippen molar-refractivity contribution in [2.75, 3.05) is 0 Å². The fourth-order valence-electron chi connectivity index (χ4n) is 3.12. The van der Waals surface area contributed by atoms with E-state index in [9.17, 15) is 4.79 Å². The Morgan fingerprint density at radius 3 is 2.57 bits per heavy atom. The fraction of sp³-hybridized carbons (Fsp3) is 0.0476. The largest absolute Gasteiger partial charge is 0.467 e. The maximum Gasteiger partial charge on any atom is 0.262 e. The number of hydrogen-bond donors (Lipinski definition) is 0. The number of nitrogens with zero attached hydrogens (tertiary/aromatic N) is 5. The lowest BCUT2D eigenvalue weighted by Gasteiger charge is -2.10. The van der Waals surface area contributed by atoms with E-state index in [1.165, 1.54) is 4.80 Å². The highest BCUT2D eigenvalue weighted by atomic mass is 16.3. The van der Waals surface area contributed by atoms with Gasteiger partial charge in [-0.3, -0.25) is 9.36 Å². The Balaban J connectivity index is 1.70. The van der Waals surface area contributed by atoms with E-state index in [-0.39, 0.29) is 12.1 Å². The van der Waals surface area contributed by atoms with Crippen LogP contribution in [0.25, 0.3) is 28.1 Å². The lowest BCUT2D eigenvalue weighted by atomic mass is 10.2. The lowest BCUT2D eigenvalue weighted by molar-refractivity contribution is 0.490. The third kappa shape index (κ3) is 2.79. The molecule has 7 heteroatoms. The van der Waals surface area contributed by atoms with Crippen LogP contribution in [0.2, 0.25) is 0 Å². The predicted octanol–water partition coefficient (Wildman–Crippen LogP) is 3.29. The van der Waals surface area contributed by atoms with Crippen molar-refractivity contribution in [3.63, 3.8) is 0 Å². The first-order valence-electron chi connectivity index (χ1n) is 8.80. The SMILES string of the molecule is O=c1c2ccccc2nc(-c2cnn(-c3ccccc3)n2)n1Cc1ccco1. The number of furan rings is 1. The molecule has 2 aromatic carbocycles. The Morgan fingerprint density at radius 1 is 0.929 bits per heavy atom. The monoisotopic (exact) mass is 369 g/mol. The van der Waals surface area contributed by atoms with Crippen LogP contribution in [-0.2, 0) is 6.54 Å². The van der Waals surface area contributed by atoms with Crippen LogP contribution in [0.5, 0.6) is 0 Å². The second kappa shape index (κ2) is 6.62. The summed E-state index contributed by atoms with van der Waals surface area (Å²) in [6, 6.07) is 20.5. The van der Waals surface area contributed by atoms with Crippen molar-refractivity contribution in [3.8, 4) is 17.2 Å². The second-order valence-electron chi connectivity index (χ2n) is 6.28. The van der Waals surface area contributed by atoms with Gasteiger partial charge in [-0.2, -0.15) is 9.90 Å². The smallest absolute Gasteiger partial charge is 0.262 e. The van der Waals surface area contributed by atoms with Gasteiger partial charge in [0.1, 0.15) is 11.5 Å². The summed E-state index contributed by atoms with van der Waals surface area (Å²) < 4.78 is 7.01. The molecule has 0 N–H and O–H groups in total. The minimum atomic E-state index is -0.147. The number of rotatable bonds is 4. The van der Waals surface area contributed by atoms with Crippen LogP contribution in [0.3, 0.4) is 0 Å². The first-order valence-corrected chi connectivity index (χ1v) is 8.80. The number of aromatic nitrogens is 5. The van der Waals surface area contributed by atoms with E-state index in [2.05, 4.69) is 10.2 Å². The average Bonchev–Trinajstić information content (AvgIpc) is 3.43. The number of hydrogen-bond acceptors (Lipinski definition) is 5. The summed E-state index contributed by atoms with van der Waals surface area (Å²) in [5.41, 5.74) is 1.81. The van der Waals surface area contributed by atoms with Crippen molar-refractivity contribution in [2.45, 2.75) is 6.54 Å². The first-order chi connectivity index (χ1) is 13.8. The molecule has 0 amide bonds. The molecule has 0 unspecified atom stereocenters. The highest BCUT2D eigenvalue weighted by Crippen LogP contribution is 2.18. The van der Waals surface area contributed by atoms with Gasteiger partial charge in [-0.15, -0.1) is 5.10 Å². The molecule has 0 saturated heterocycles. The summed E-state index contributed by atoms with van der Waals surface area (Å²) in [5.74, 6) is 1.11. The van der Waals surface area contributed by atoms with E-state index in [4.69, 9.17) is 9.40 Å². The number of benzene rings is 2. The summed E-state index contributed by atoms with van der Waals surface area (Å²) in [6.07, 6.45) is 3.20. The standard InChI is InChI=1S/C21H15N5O2/c27-21-17-10-4-5-11-18(17)23-20(25(21)14-16-9-6-12-28-16)19-13-22-26(24-19)15-7-2-1-3-8-15/h1-13H,14H2. The minimum absolute atomic E-state index is 0.147. The summed E-state index contributed by atoms with van der Waals surface area (Å²) in [7, 11) is 0. The molecule has 0 spiro atoms. The molecule has 3 aromatic heterocycles. The van der Waals surface area contributed by atoms with Crippen LogP contribution >= 0.6 is 0 Å². The topological polar surface area (TPSA) is 78.7 Å². The van der Waals surface area contributed by atoms with Gasteiger partial charge in [0.15, 0.2) is 5.82 Å². The van der Waals surface area contributed by atoms with Crippen LogP contribution in [-0.4, -0.2) is 24.5 Å². The molecule has 7 nitrogen and oxygen atoms in total. The van der Waals surface area contributed by atoms with Gasteiger partial charge in [0.05, 0.1) is 35.6 Å². The van der Waals surface area contributed by atoms with Gasteiger partial charge in [-0.05, 0) is 36.4 Å². The van der Waals surface area contributed by atoms with Crippen molar-refractivity contribution in [3.05, 3.63) is 95.3 Å². The van der Waals surface area contributed by atoms with Gasteiger partial charge >= 0.3 is 0 Å². The van der Waals surface area contributed by atoms with Gasteiger partial charge in [0.25, 0.3) is 5.56 Å². The summed E-state index contributed by atoms with van der Waals surface area (Å²) in [4.78, 5) is 19.4. The molecule has 0 aliphatic heterocycles. The predicted molar refractivity (Wildman–Crippen MR) is 104 cm³/mol. The zero-order valence-electron chi connectivity index (χ0n) is 14.8. The summed E-state index contributed by atoms with van der Waals surface area (Å²) in [5, 5.41) is 9.43. The molecule has 5 rings (SSSR count). The second-order valence-corrected chi connectivity index (χ2v) is 6.28. The highest BCUT2D eigenvalue weighted by molar-refractivity contribution is 5.79. The van der Waals surface area contributed by atoms with Crippen LogP contribution in [0.1, 0.15) is 5.76 Å². The summed E-state index contributed by atoms with van der Waals surface area (Å²) in [6.45, 7) is 0.261. The molecule has 0 fully saturated rings. The fourth-order valence-corrected chi connectivity index (χ4v) is 3.12. The first kappa shape index (κ1) is 16.2. The molecule has 28 heavy (non-hydrogen) atoms. The van der Waals surface area contributed by atoms with Crippen LogP contribution in [0.15, 0.2) is 88.4 Å². The molecule has 0 aliphatic carbocycles. The van der Waals surface area contributed by atoms with Gasteiger partial charge in [0, 0.05) is 0 Å². The van der Waals surface area contributed by atoms with Crippen molar-refractivity contribution in [2.24, 2.45) is 0 Å². The molecule has 0 saturated carbocycles. The van der Waals surface area contributed by atoms with Crippen LogP contribution < -0.4 is 5.56 Å². The van der Waals surface area contributed by atoms with Crippen LogP contribution in [0.4, 0.5) is 0 Å². The van der Waals surface area contributed by atoms with Gasteiger partial charge in [-0.1, -0.05) is 30.3 Å². The highest BCUT2D eigenvalue weighted by Gasteiger charge is 2.17. The van der Waals surface area contributed by atoms with Crippen LogP contribution in [0, 0.1) is 0 Å². The molecule has 0 bridgehead atoms. The molecular weight excluding hydrogens is 354 g/mol. The summed E-state index contributed by atoms with van der Waals surface area (Å²) >= 11 is 0. The average molecular weight is 369 g/mol. The third-order valence-corrected chi connectivity index (χ3v) is 4.46. The molecule has 0 aliphatic rings. The Morgan fingerprint density at radius 2 is 1.75 bits per heavy atom. The van der Waals surface area contributed by atoms with Crippen molar-refractivity contribution in [1.29, 1.82) is 0 Å². The Bertz CT molecular complexity index is 1300. The number of fused-ring (bicyclic) bond motifs is 1. The third-order valence-electron chi connectivity index (χ3n) is 4.46. The zero-order chi connectivity index (χ0) is 18.9. The van der Waals surface area contributed by atoms with Crippen molar-refractivity contribution >= 4 is 10.9 Å². The molecule has 136 valence electrons. The van der Waals surface area contributed by atoms with E-state index in [0.29, 0.717) is 28.2 Å². The van der Waals surface area contributed by atoms with Gasteiger partial charge < -0.3 is 4.42 Å². The van der Waals surface area contributed by atoms with Gasteiger partial charge in [-0.25, -0.2) is 4.98 Å². The van der Waals surface area contributed by atoms with E-state index in [1.54, 1.807) is 29.2 Å². The quantitative estimate of drug-likeness (QED) is 0.486. The Labute approximate surface area is 159 Å². The zero-order valence-corrected chi connectivity index (χ0v) is 14.8. The van der Waals surface area contributed by atoms with Gasteiger partial charge in [0.2, 0.25) is 0 Å². The Kier molecular flexibility index (Phi) is 3.83. The molecule has 3 heterocycles. The maximum atomic E-state index is 13.2. The molecule has 0 atom stereocenters. The number of para-hydroxylation sites is 2. The van der Waals surface area contributed by atoms with Crippen molar-refractivity contribution < 1.29 is 4.42 Å².